The molecule has 0 unspecified atom stereocenters. The summed E-state index contributed by atoms with van der Waals surface area (Å²) >= 11 is 1.52. The molecule has 22 heavy (non-hydrogen) atoms. The van der Waals surface area contributed by atoms with E-state index in [0.29, 0.717) is 22.9 Å². The fraction of sp³-hybridized carbons (Fsp3) is 0.533. The zero-order valence-corrected chi connectivity index (χ0v) is 13.9. The van der Waals surface area contributed by atoms with Crippen molar-refractivity contribution in [2.45, 2.75) is 56.5 Å². The Morgan fingerprint density at radius 1 is 1.32 bits per heavy atom. The van der Waals surface area contributed by atoms with E-state index in [1.807, 2.05) is 10.9 Å². The number of ketones is 1. The van der Waals surface area contributed by atoms with Crippen molar-refractivity contribution in [3.63, 3.8) is 0 Å². The highest BCUT2D eigenvalue weighted by atomic mass is 32.2. The van der Waals surface area contributed by atoms with Gasteiger partial charge in [0.05, 0.1) is 22.5 Å². The van der Waals surface area contributed by atoms with E-state index in [0.717, 1.165) is 24.2 Å². The van der Waals surface area contributed by atoms with Crippen molar-refractivity contribution >= 4 is 17.5 Å². The van der Waals surface area contributed by atoms with Crippen LogP contribution >= 0.6 is 11.8 Å². The molecule has 116 valence electrons. The first-order chi connectivity index (χ1) is 10.4. The Morgan fingerprint density at radius 2 is 2.14 bits per heavy atom. The molecule has 0 aromatic carbocycles. The summed E-state index contributed by atoms with van der Waals surface area (Å²) in [6.45, 7) is 6.26. The van der Waals surface area contributed by atoms with Crippen LogP contribution in [0.2, 0.25) is 0 Å². The van der Waals surface area contributed by atoms with Crippen molar-refractivity contribution in [1.29, 1.82) is 0 Å². The van der Waals surface area contributed by atoms with Crippen molar-refractivity contribution in [2.75, 3.05) is 0 Å². The molecule has 0 saturated carbocycles. The predicted octanol–water partition coefficient (Wildman–Crippen LogP) is 2.63. The Morgan fingerprint density at radius 3 is 2.86 bits per heavy atom. The van der Waals surface area contributed by atoms with Crippen molar-refractivity contribution in [1.82, 2.24) is 25.0 Å². The van der Waals surface area contributed by atoms with Crippen LogP contribution in [0.25, 0.3) is 0 Å². The van der Waals surface area contributed by atoms with Crippen LogP contribution in [0.4, 0.5) is 0 Å². The van der Waals surface area contributed by atoms with Crippen LogP contribution < -0.4 is 0 Å². The lowest BCUT2D eigenvalue weighted by atomic mass is 9.96. The highest BCUT2D eigenvalue weighted by Crippen LogP contribution is 2.24. The molecule has 0 atom stereocenters. The van der Waals surface area contributed by atoms with Gasteiger partial charge in [0.2, 0.25) is 0 Å². The second-order valence-electron chi connectivity index (χ2n) is 6.40. The number of aryl methyl sites for hydroxylation is 1. The van der Waals surface area contributed by atoms with Gasteiger partial charge in [0.15, 0.2) is 10.9 Å². The molecule has 2 aromatic heterocycles. The molecule has 7 heteroatoms. The minimum atomic E-state index is -0.0708. The normalized spacial score (nSPS) is 15.0. The van der Waals surface area contributed by atoms with Gasteiger partial charge in [-0.1, -0.05) is 17.0 Å². The second-order valence-corrected chi connectivity index (χ2v) is 7.35. The molecule has 0 amide bonds. The Balaban J connectivity index is 1.69. The molecule has 2 heterocycles. The number of nitrogens with zero attached hydrogens (tertiary/aromatic N) is 5. The maximum absolute atomic E-state index is 11.8. The van der Waals surface area contributed by atoms with Gasteiger partial charge < -0.3 is 0 Å². The topological polar surface area (TPSA) is 73.6 Å². The Hall–Kier alpha value is -1.76. The molecular formula is C15H19N5OS. The molecule has 6 nitrogen and oxygen atoms in total. The first kappa shape index (κ1) is 15.1. The van der Waals surface area contributed by atoms with Crippen LogP contribution in [-0.4, -0.2) is 30.7 Å². The minimum Gasteiger partial charge on any atom is -0.294 e. The second kappa shape index (κ2) is 5.79. The Bertz CT molecular complexity index is 704. The van der Waals surface area contributed by atoms with E-state index in [9.17, 15) is 4.79 Å². The summed E-state index contributed by atoms with van der Waals surface area (Å²) in [6, 6.07) is 0. The number of Topliss-reactive ketones (excluding diaryl/α,β-unsaturated/α-hetero) is 1. The predicted molar refractivity (Wildman–Crippen MR) is 83.9 cm³/mol. The molecule has 3 rings (SSSR count). The number of thioether (sulfide) groups is 1. The SMILES string of the molecule is CC(C)(C)n1cc(CSc2ncc3c(n2)CCCC3=O)nn1. The van der Waals surface area contributed by atoms with Gasteiger partial charge in [0, 0.05) is 24.6 Å². The molecule has 0 bridgehead atoms. The molecule has 0 saturated heterocycles. The maximum Gasteiger partial charge on any atom is 0.188 e. The standard InChI is InChI=1S/C15H19N5OS/c1-15(2,3)20-8-10(18-19-20)9-22-14-16-7-11-12(17-14)5-4-6-13(11)21/h7-8H,4-6,9H2,1-3H3. The number of carbonyl (C=O) groups excluding carboxylic acids is 1. The zero-order chi connectivity index (χ0) is 15.7. The van der Waals surface area contributed by atoms with Crippen LogP contribution in [0.15, 0.2) is 17.6 Å². The van der Waals surface area contributed by atoms with Crippen LogP contribution in [-0.2, 0) is 17.7 Å². The van der Waals surface area contributed by atoms with Crippen LogP contribution in [0, 0.1) is 0 Å². The zero-order valence-electron chi connectivity index (χ0n) is 13.0. The molecular weight excluding hydrogens is 298 g/mol. The average molecular weight is 317 g/mol. The highest BCUT2D eigenvalue weighted by Gasteiger charge is 2.20. The van der Waals surface area contributed by atoms with E-state index in [1.54, 1.807) is 6.20 Å². The first-order valence-corrected chi connectivity index (χ1v) is 8.35. The van der Waals surface area contributed by atoms with Crippen molar-refractivity contribution in [3.8, 4) is 0 Å². The third-order valence-corrected chi connectivity index (χ3v) is 4.44. The maximum atomic E-state index is 11.8. The van der Waals surface area contributed by atoms with Crippen molar-refractivity contribution in [2.24, 2.45) is 0 Å². The molecule has 0 spiro atoms. The van der Waals surface area contributed by atoms with Gasteiger partial charge in [0.25, 0.3) is 0 Å². The minimum absolute atomic E-state index is 0.0708. The average Bonchev–Trinajstić information content (AvgIpc) is 2.94. The summed E-state index contributed by atoms with van der Waals surface area (Å²) in [7, 11) is 0. The Kier molecular flexibility index (Phi) is 3.99. The Labute approximate surface area is 133 Å². The number of carbonyl (C=O) groups is 1. The summed E-state index contributed by atoms with van der Waals surface area (Å²) < 4.78 is 1.86. The largest absolute Gasteiger partial charge is 0.294 e. The highest BCUT2D eigenvalue weighted by molar-refractivity contribution is 7.98. The molecule has 0 fully saturated rings. The monoisotopic (exact) mass is 317 g/mol. The first-order valence-electron chi connectivity index (χ1n) is 7.37. The lowest BCUT2D eigenvalue weighted by molar-refractivity contribution is 0.0970. The van der Waals surface area contributed by atoms with E-state index < -0.39 is 0 Å². The van der Waals surface area contributed by atoms with E-state index in [1.165, 1.54) is 11.8 Å². The van der Waals surface area contributed by atoms with Gasteiger partial charge in [-0.3, -0.25) is 4.79 Å². The molecule has 0 N–H and O–H groups in total. The molecule has 0 aliphatic heterocycles. The summed E-state index contributed by atoms with van der Waals surface area (Å²) in [5.74, 6) is 0.828. The van der Waals surface area contributed by atoms with E-state index in [-0.39, 0.29) is 11.3 Å². The van der Waals surface area contributed by atoms with Gasteiger partial charge in [-0.05, 0) is 33.6 Å². The van der Waals surface area contributed by atoms with Gasteiger partial charge >= 0.3 is 0 Å². The fourth-order valence-electron chi connectivity index (χ4n) is 2.27. The quantitative estimate of drug-likeness (QED) is 0.640. The number of hydrogen-bond donors (Lipinski definition) is 0. The number of fused-ring (bicyclic) bond motifs is 1. The van der Waals surface area contributed by atoms with E-state index >= 15 is 0 Å². The van der Waals surface area contributed by atoms with Crippen LogP contribution in [0.3, 0.4) is 0 Å². The molecule has 0 radical (unpaired) electrons. The number of hydrogen-bond acceptors (Lipinski definition) is 6. The van der Waals surface area contributed by atoms with Gasteiger partial charge in [-0.25, -0.2) is 14.6 Å². The molecule has 1 aliphatic carbocycles. The number of rotatable bonds is 3. The van der Waals surface area contributed by atoms with Crippen molar-refractivity contribution < 1.29 is 4.79 Å². The summed E-state index contributed by atoms with van der Waals surface area (Å²) in [4.78, 5) is 20.6. The van der Waals surface area contributed by atoms with Gasteiger partial charge in [-0.15, -0.1) is 5.10 Å². The lowest BCUT2D eigenvalue weighted by Gasteiger charge is -2.17. The molecule has 1 aliphatic rings. The third kappa shape index (κ3) is 3.19. The van der Waals surface area contributed by atoms with Crippen LogP contribution in [0.5, 0.6) is 0 Å². The lowest BCUT2D eigenvalue weighted by Crippen LogP contribution is -2.22. The van der Waals surface area contributed by atoms with Crippen molar-refractivity contribution in [3.05, 3.63) is 29.3 Å². The fourth-order valence-corrected chi connectivity index (χ4v) is 2.99. The van der Waals surface area contributed by atoms with Gasteiger partial charge in [-0.2, -0.15) is 0 Å². The van der Waals surface area contributed by atoms with Crippen LogP contribution in [0.1, 0.15) is 55.4 Å². The summed E-state index contributed by atoms with van der Waals surface area (Å²) in [5, 5.41) is 9.02. The smallest absolute Gasteiger partial charge is 0.188 e. The van der Waals surface area contributed by atoms with E-state index in [2.05, 4.69) is 41.1 Å². The van der Waals surface area contributed by atoms with E-state index in [4.69, 9.17) is 0 Å². The van der Waals surface area contributed by atoms with Gasteiger partial charge in [0.1, 0.15) is 0 Å². The summed E-state index contributed by atoms with van der Waals surface area (Å²) in [5.41, 5.74) is 2.40. The third-order valence-electron chi connectivity index (χ3n) is 3.54. The number of aromatic nitrogens is 5. The molecule has 2 aromatic rings. The summed E-state index contributed by atoms with van der Waals surface area (Å²) in [6.07, 6.45) is 5.97.